The maximum Gasteiger partial charge on any atom is 0.318 e. The molecule has 1 aliphatic rings. The van der Waals surface area contributed by atoms with E-state index in [9.17, 15) is 4.79 Å². The van der Waals surface area contributed by atoms with Crippen LogP contribution in [0.3, 0.4) is 0 Å². The molecule has 112 valence electrons. The predicted octanol–water partition coefficient (Wildman–Crippen LogP) is 4.12. The minimum atomic E-state index is 0.0546. The number of amides is 2. The molecule has 0 radical (unpaired) electrons. The first-order valence-corrected chi connectivity index (χ1v) is 9.07. The number of carbonyl (C=O) groups excluding carboxylic acids is 1. The van der Waals surface area contributed by atoms with Crippen LogP contribution in [0.1, 0.15) is 35.2 Å². The van der Waals surface area contributed by atoms with Gasteiger partial charge in [-0.15, -0.1) is 22.7 Å². The minimum absolute atomic E-state index is 0.0546. The molecule has 0 aliphatic carbocycles. The van der Waals surface area contributed by atoms with Crippen molar-refractivity contribution < 1.29 is 4.79 Å². The van der Waals surface area contributed by atoms with Crippen LogP contribution in [0.15, 0.2) is 29.0 Å². The van der Waals surface area contributed by atoms with Gasteiger partial charge in [0, 0.05) is 22.8 Å². The molecule has 0 spiro atoms. The molecule has 2 amide bonds. The largest absolute Gasteiger partial charge is 0.338 e. The number of hydrogen-bond donors (Lipinski definition) is 1. The number of hydrogen-bond acceptors (Lipinski definition) is 3. The van der Waals surface area contributed by atoms with Crippen LogP contribution in [0.4, 0.5) is 4.79 Å². The number of carbonyl (C=O) groups is 1. The SMILES string of the molecule is CC(C)CNC(=O)N1CCc2sccc2[C@H]1c1cccs1. The van der Waals surface area contributed by atoms with E-state index in [-0.39, 0.29) is 12.1 Å². The van der Waals surface area contributed by atoms with E-state index < -0.39 is 0 Å². The molecule has 1 aliphatic heterocycles. The molecule has 3 nitrogen and oxygen atoms in total. The Morgan fingerprint density at radius 3 is 2.95 bits per heavy atom. The van der Waals surface area contributed by atoms with Crippen molar-refractivity contribution in [2.24, 2.45) is 5.92 Å². The first-order chi connectivity index (χ1) is 10.2. The Kier molecular flexibility index (Phi) is 4.31. The highest BCUT2D eigenvalue weighted by atomic mass is 32.1. The topological polar surface area (TPSA) is 32.3 Å². The molecule has 0 bridgehead atoms. The summed E-state index contributed by atoms with van der Waals surface area (Å²) in [5.41, 5.74) is 1.30. The molecular weight excluding hydrogens is 300 g/mol. The molecule has 0 aromatic carbocycles. The van der Waals surface area contributed by atoms with E-state index in [2.05, 4.69) is 48.1 Å². The third-order valence-corrected chi connectivity index (χ3v) is 5.62. The molecule has 1 N–H and O–H groups in total. The van der Waals surface area contributed by atoms with Crippen molar-refractivity contribution in [3.8, 4) is 0 Å². The quantitative estimate of drug-likeness (QED) is 0.906. The number of nitrogens with zero attached hydrogens (tertiary/aromatic N) is 1. The number of nitrogens with one attached hydrogen (secondary N) is 1. The maximum absolute atomic E-state index is 12.6. The minimum Gasteiger partial charge on any atom is -0.338 e. The van der Waals surface area contributed by atoms with Crippen molar-refractivity contribution in [3.05, 3.63) is 44.3 Å². The zero-order chi connectivity index (χ0) is 14.8. The molecule has 0 fully saturated rings. The molecule has 1 atom stereocenters. The molecule has 2 aromatic rings. The van der Waals surface area contributed by atoms with Crippen LogP contribution >= 0.6 is 22.7 Å². The van der Waals surface area contributed by atoms with Gasteiger partial charge in [0.25, 0.3) is 0 Å². The normalized spacial score (nSPS) is 17.9. The van der Waals surface area contributed by atoms with E-state index in [1.807, 2.05) is 4.90 Å². The molecule has 2 aromatic heterocycles. The lowest BCUT2D eigenvalue weighted by Crippen LogP contribution is -2.46. The summed E-state index contributed by atoms with van der Waals surface area (Å²) in [4.78, 5) is 17.2. The number of urea groups is 1. The van der Waals surface area contributed by atoms with Crippen LogP contribution in [-0.2, 0) is 6.42 Å². The van der Waals surface area contributed by atoms with Gasteiger partial charge in [-0.1, -0.05) is 19.9 Å². The Hall–Kier alpha value is -1.33. The molecule has 3 heterocycles. The van der Waals surface area contributed by atoms with Gasteiger partial charge in [0.15, 0.2) is 0 Å². The molecule has 21 heavy (non-hydrogen) atoms. The summed E-state index contributed by atoms with van der Waals surface area (Å²) in [5.74, 6) is 0.468. The summed E-state index contributed by atoms with van der Waals surface area (Å²) < 4.78 is 0. The third kappa shape index (κ3) is 2.99. The van der Waals surface area contributed by atoms with Crippen LogP contribution in [0.5, 0.6) is 0 Å². The van der Waals surface area contributed by atoms with Gasteiger partial charge in [-0.2, -0.15) is 0 Å². The predicted molar refractivity (Wildman–Crippen MR) is 89.1 cm³/mol. The second-order valence-electron chi connectivity index (χ2n) is 5.74. The second-order valence-corrected chi connectivity index (χ2v) is 7.72. The Morgan fingerprint density at radius 1 is 1.38 bits per heavy atom. The van der Waals surface area contributed by atoms with Gasteiger partial charge < -0.3 is 10.2 Å². The number of rotatable bonds is 3. The van der Waals surface area contributed by atoms with Crippen molar-refractivity contribution in [1.82, 2.24) is 10.2 Å². The molecular formula is C16H20N2OS2. The molecule has 5 heteroatoms. The van der Waals surface area contributed by atoms with Gasteiger partial charge in [0.2, 0.25) is 0 Å². The van der Waals surface area contributed by atoms with E-state index in [1.54, 1.807) is 22.7 Å². The van der Waals surface area contributed by atoms with Crippen LogP contribution in [0.25, 0.3) is 0 Å². The molecule has 3 rings (SSSR count). The number of thiophene rings is 2. The first-order valence-electron chi connectivity index (χ1n) is 7.31. The monoisotopic (exact) mass is 320 g/mol. The number of fused-ring (bicyclic) bond motifs is 1. The van der Waals surface area contributed by atoms with Gasteiger partial charge in [0.05, 0.1) is 6.04 Å². The highest BCUT2D eigenvalue weighted by Gasteiger charge is 2.33. The zero-order valence-corrected chi connectivity index (χ0v) is 14.0. The Labute approximate surface area is 133 Å². The highest BCUT2D eigenvalue weighted by molar-refractivity contribution is 7.10. The summed E-state index contributed by atoms with van der Waals surface area (Å²) in [6, 6.07) is 6.49. The summed E-state index contributed by atoms with van der Waals surface area (Å²) >= 11 is 3.53. The fourth-order valence-electron chi connectivity index (χ4n) is 2.68. The lowest BCUT2D eigenvalue weighted by molar-refractivity contribution is 0.180. The Balaban J connectivity index is 1.88. The second kappa shape index (κ2) is 6.20. The van der Waals surface area contributed by atoms with Gasteiger partial charge >= 0.3 is 6.03 Å². The Morgan fingerprint density at radius 2 is 2.24 bits per heavy atom. The van der Waals surface area contributed by atoms with Crippen LogP contribution in [0, 0.1) is 5.92 Å². The fourth-order valence-corrected chi connectivity index (χ4v) is 4.44. The van der Waals surface area contributed by atoms with Gasteiger partial charge in [-0.3, -0.25) is 0 Å². The van der Waals surface area contributed by atoms with Crippen molar-refractivity contribution >= 4 is 28.7 Å². The van der Waals surface area contributed by atoms with E-state index in [0.29, 0.717) is 5.92 Å². The van der Waals surface area contributed by atoms with Gasteiger partial charge in [-0.25, -0.2) is 4.79 Å². The first kappa shape index (κ1) is 14.6. The smallest absolute Gasteiger partial charge is 0.318 e. The summed E-state index contributed by atoms with van der Waals surface area (Å²) in [6.07, 6.45) is 0.962. The average Bonchev–Trinajstić information content (AvgIpc) is 3.14. The standard InChI is InChI=1S/C16H20N2OS2/c1-11(2)10-17-16(19)18-7-5-13-12(6-9-21-13)15(18)14-4-3-8-20-14/h3-4,6,8-9,11,15H,5,7,10H2,1-2H3,(H,17,19)/t15-/m0/s1. The maximum atomic E-state index is 12.6. The summed E-state index contributed by atoms with van der Waals surface area (Å²) in [7, 11) is 0. The van der Waals surface area contributed by atoms with E-state index >= 15 is 0 Å². The van der Waals surface area contributed by atoms with Crippen LogP contribution < -0.4 is 5.32 Å². The average molecular weight is 320 g/mol. The van der Waals surface area contributed by atoms with E-state index in [1.165, 1.54) is 15.3 Å². The fraction of sp³-hybridized carbons (Fsp3) is 0.438. The van der Waals surface area contributed by atoms with Crippen molar-refractivity contribution in [2.75, 3.05) is 13.1 Å². The van der Waals surface area contributed by atoms with Gasteiger partial charge in [0.1, 0.15) is 0 Å². The lowest BCUT2D eigenvalue weighted by Gasteiger charge is -2.35. The van der Waals surface area contributed by atoms with Gasteiger partial charge in [-0.05, 0) is 40.8 Å². The highest BCUT2D eigenvalue weighted by Crippen LogP contribution is 2.39. The third-order valence-electron chi connectivity index (χ3n) is 3.70. The van der Waals surface area contributed by atoms with E-state index in [4.69, 9.17) is 0 Å². The van der Waals surface area contributed by atoms with Crippen LogP contribution in [0.2, 0.25) is 0 Å². The molecule has 0 saturated carbocycles. The van der Waals surface area contributed by atoms with Crippen molar-refractivity contribution in [3.63, 3.8) is 0 Å². The van der Waals surface area contributed by atoms with E-state index in [0.717, 1.165) is 19.5 Å². The lowest BCUT2D eigenvalue weighted by atomic mass is 9.99. The Bertz CT molecular complexity index is 604. The summed E-state index contributed by atoms with van der Waals surface area (Å²) in [6.45, 7) is 5.75. The zero-order valence-electron chi connectivity index (χ0n) is 12.3. The molecule has 0 saturated heterocycles. The van der Waals surface area contributed by atoms with Crippen molar-refractivity contribution in [1.29, 1.82) is 0 Å². The van der Waals surface area contributed by atoms with Crippen LogP contribution in [-0.4, -0.2) is 24.0 Å². The molecule has 0 unspecified atom stereocenters. The van der Waals surface area contributed by atoms with Crippen molar-refractivity contribution in [2.45, 2.75) is 26.3 Å². The summed E-state index contributed by atoms with van der Waals surface area (Å²) in [5, 5.41) is 7.28.